The van der Waals surface area contributed by atoms with Crippen molar-refractivity contribution >= 4 is 51.3 Å². The number of piperidine rings is 2. The fourth-order valence-electron chi connectivity index (χ4n) is 9.56. The van der Waals surface area contributed by atoms with Crippen molar-refractivity contribution in [3.63, 3.8) is 0 Å². The van der Waals surface area contributed by atoms with Gasteiger partial charge in [-0.2, -0.15) is 13.2 Å². The highest BCUT2D eigenvalue weighted by atomic mass is 19.4. The number of amides is 4. The Morgan fingerprint density at radius 1 is 0.785 bits per heavy atom. The standard InChI is InChI=1S/C46H44F5N7O7/c1-55-37-8-11-52-20-35(37)32-4-2-25(15-39(32)55)26-14-36(46(49,50)51)41(53-19-26)57-21-31(22-57)64-27-9-12-56(13-10-27)23-45(47,48)24-63-29-16-30(17-29)65-28-3-5-33-34(18-28)44(62)58(43(33)61)38-6-7-40(59)54-42(38)60/h2-5,8,11,14-15,18-20,27,29-31,38H,6-7,9-10,12-13,16-17,21-24H2,1H3,(H,54,59,60). The van der Waals surface area contributed by atoms with Crippen LogP contribution < -0.4 is 15.0 Å². The Morgan fingerprint density at radius 3 is 2.31 bits per heavy atom. The molecular formula is C46H44F5N7O7. The van der Waals surface area contributed by atoms with Crippen molar-refractivity contribution in [1.29, 1.82) is 0 Å². The lowest BCUT2D eigenvalue weighted by Gasteiger charge is -2.43. The summed E-state index contributed by atoms with van der Waals surface area (Å²) in [4.78, 5) is 62.6. The van der Waals surface area contributed by atoms with Crippen LogP contribution in [0.2, 0.25) is 0 Å². The molecule has 3 aromatic heterocycles. The number of hydrogen-bond donors (Lipinski definition) is 1. The van der Waals surface area contributed by atoms with E-state index in [-0.39, 0.29) is 61.2 Å². The van der Waals surface area contributed by atoms with Crippen molar-refractivity contribution in [2.45, 2.75) is 81.1 Å². The molecule has 4 amide bonds. The van der Waals surface area contributed by atoms with E-state index < -0.39 is 66.6 Å². The minimum absolute atomic E-state index is 0.00948. The van der Waals surface area contributed by atoms with Crippen LogP contribution in [0, 0.1) is 0 Å². The number of benzene rings is 2. The number of carbonyl (C=O) groups excluding carboxylic acids is 4. The number of anilines is 1. The predicted octanol–water partition coefficient (Wildman–Crippen LogP) is 6.14. The fraction of sp³-hybridized carbons (Fsp3) is 0.435. The molecule has 14 nitrogen and oxygen atoms in total. The molecule has 19 heteroatoms. The van der Waals surface area contributed by atoms with Gasteiger partial charge in [-0.3, -0.25) is 39.3 Å². The van der Waals surface area contributed by atoms with Crippen LogP contribution in [0.1, 0.15) is 64.8 Å². The number of ether oxygens (including phenoxy) is 3. The van der Waals surface area contributed by atoms with Crippen LogP contribution in [0.15, 0.2) is 67.1 Å². The minimum atomic E-state index is -4.64. The molecule has 5 aliphatic rings. The zero-order valence-electron chi connectivity index (χ0n) is 35.2. The Bertz CT molecular complexity index is 2730. The van der Waals surface area contributed by atoms with E-state index in [2.05, 4.69) is 15.3 Å². The van der Waals surface area contributed by atoms with E-state index in [1.807, 2.05) is 29.8 Å². The van der Waals surface area contributed by atoms with E-state index in [4.69, 9.17) is 14.2 Å². The smallest absolute Gasteiger partial charge is 0.419 e. The van der Waals surface area contributed by atoms with Crippen LogP contribution in [-0.4, -0.2) is 124 Å². The van der Waals surface area contributed by atoms with Gasteiger partial charge in [0.1, 0.15) is 30.3 Å². The molecular weight excluding hydrogens is 858 g/mol. The molecule has 1 unspecified atom stereocenters. The third kappa shape index (κ3) is 8.29. The van der Waals surface area contributed by atoms with Gasteiger partial charge in [-0.25, -0.2) is 13.8 Å². The van der Waals surface area contributed by atoms with Crippen molar-refractivity contribution in [2.24, 2.45) is 7.05 Å². The molecule has 7 heterocycles. The number of carbonyl (C=O) groups is 4. The molecule has 1 saturated carbocycles. The second-order valence-electron chi connectivity index (χ2n) is 17.6. The van der Waals surface area contributed by atoms with E-state index in [0.29, 0.717) is 55.6 Å². The number of halogens is 5. The summed E-state index contributed by atoms with van der Waals surface area (Å²) in [6.07, 6.45) is 0.744. The van der Waals surface area contributed by atoms with Crippen molar-refractivity contribution < 1.29 is 55.3 Å². The quantitative estimate of drug-likeness (QED) is 0.114. The minimum Gasteiger partial charge on any atom is -0.490 e. The summed E-state index contributed by atoms with van der Waals surface area (Å²) in [5.41, 5.74) is 2.18. The average Bonchev–Trinajstić information content (AvgIpc) is 3.67. The highest BCUT2D eigenvalue weighted by Gasteiger charge is 2.46. The summed E-state index contributed by atoms with van der Waals surface area (Å²) in [6.45, 7) is -0.0501. The van der Waals surface area contributed by atoms with Gasteiger partial charge < -0.3 is 23.7 Å². The number of nitrogens with one attached hydrogen (secondary N) is 1. The first kappa shape index (κ1) is 42.9. The second kappa shape index (κ2) is 16.4. The second-order valence-corrected chi connectivity index (χ2v) is 17.6. The number of nitrogens with zero attached hydrogens (tertiary/aromatic N) is 6. The van der Waals surface area contributed by atoms with Crippen molar-refractivity contribution in [1.82, 2.24) is 29.7 Å². The Labute approximate surface area is 368 Å². The SMILES string of the molecule is Cn1c2ccncc2c2ccc(-c3cnc(N4CC(OC5CCN(CC(F)(F)COC6CC(Oc7ccc8c(c7)C(=O)N(C7CCC(=O)NC7=O)C8=O)C6)CC5)C4)c(C(F)(F)F)c3)cc21. The molecule has 5 aromatic rings. The zero-order valence-corrected chi connectivity index (χ0v) is 35.2. The Hall–Kier alpha value is -6.05. The lowest BCUT2D eigenvalue weighted by Crippen LogP contribution is -2.55. The summed E-state index contributed by atoms with van der Waals surface area (Å²) >= 11 is 0. The van der Waals surface area contributed by atoms with Crippen molar-refractivity contribution in [2.75, 3.05) is 44.2 Å². The Morgan fingerprint density at radius 2 is 1.55 bits per heavy atom. The molecule has 1 N–H and O–H groups in total. The fourth-order valence-corrected chi connectivity index (χ4v) is 9.56. The summed E-state index contributed by atoms with van der Waals surface area (Å²) in [7, 11) is 1.91. The number of fused-ring (bicyclic) bond motifs is 4. The molecule has 0 radical (unpaired) electrons. The maximum Gasteiger partial charge on any atom is 0.419 e. The van der Waals surface area contributed by atoms with E-state index in [9.17, 15) is 32.3 Å². The van der Waals surface area contributed by atoms with Gasteiger partial charge in [0.15, 0.2) is 0 Å². The van der Waals surface area contributed by atoms with Gasteiger partial charge in [-0.15, -0.1) is 0 Å². The van der Waals surface area contributed by atoms with E-state index in [0.717, 1.165) is 32.8 Å². The highest BCUT2D eigenvalue weighted by Crippen LogP contribution is 2.41. The molecule has 1 atom stereocenters. The highest BCUT2D eigenvalue weighted by molar-refractivity contribution is 6.23. The molecule has 0 spiro atoms. The van der Waals surface area contributed by atoms with Crippen LogP contribution in [0.4, 0.5) is 27.8 Å². The maximum absolute atomic E-state index is 15.1. The maximum atomic E-state index is 15.1. The van der Waals surface area contributed by atoms with E-state index in [1.54, 1.807) is 28.3 Å². The number of likely N-dealkylation sites (tertiary alicyclic amines) is 1. The van der Waals surface area contributed by atoms with Crippen LogP contribution in [-0.2, 0) is 32.3 Å². The molecule has 65 heavy (non-hydrogen) atoms. The first-order valence-electron chi connectivity index (χ1n) is 21.6. The van der Waals surface area contributed by atoms with Gasteiger partial charge in [-0.1, -0.05) is 12.1 Å². The van der Waals surface area contributed by atoms with Crippen LogP contribution in [0.5, 0.6) is 5.75 Å². The molecule has 340 valence electrons. The lowest BCUT2D eigenvalue weighted by atomic mass is 9.92. The zero-order chi connectivity index (χ0) is 45.4. The molecule has 0 bridgehead atoms. The van der Waals surface area contributed by atoms with Gasteiger partial charge in [0, 0.05) is 92.9 Å². The number of aryl methyl sites for hydroxylation is 1. The predicted molar refractivity (Wildman–Crippen MR) is 224 cm³/mol. The van der Waals surface area contributed by atoms with Crippen molar-refractivity contribution in [3.05, 3.63) is 83.8 Å². The molecule has 10 rings (SSSR count). The first-order chi connectivity index (χ1) is 31.1. The van der Waals surface area contributed by atoms with Gasteiger partial charge in [0.25, 0.3) is 17.7 Å². The topological polar surface area (TPSA) is 148 Å². The third-order valence-electron chi connectivity index (χ3n) is 13.1. The first-order valence-corrected chi connectivity index (χ1v) is 21.6. The number of alkyl halides is 5. The number of pyridine rings is 2. The normalized spacial score (nSPS) is 22.4. The molecule has 4 aliphatic heterocycles. The molecule has 4 fully saturated rings. The lowest BCUT2D eigenvalue weighted by molar-refractivity contribution is -0.147. The average molecular weight is 902 g/mol. The molecule has 2 aromatic carbocycles. The van der Waals surface area contributed by atoms with Crippen LogP contribution >= 0.6 is 0 Å². The summed E-state index contributed by atoms with van der Waals surface area (Å²) in [6, 6.07) is 11.9. The number of hydrogen-bond acceptors (Lipinski definition) is 11. The molecule has 3 saturated heterocycles. The number of imide groups is 2. The Kier molecular flexibility index (Phi) is 10.8. The number of rotatable bonds is 12. The number of aromatic nitrogens is 3. The van der Waals surface area contributed by atoms with E-state index in [1.165, 1.54) is 24.4 Å². The van der Waals surface area contributed by atoms with Crippen LogP contribution in [0.25, 0.3) is 32.9 Å². The van der Waals surface area contributed by atoms with Gasteiger partial charge >= 0.3 is 6.18 Å². The summed E-state index contributed by atoms with van der Waals surface area (Å²) in [5, 5.41) is 4.07. The largest absolute Gasteiger partial charge is 0.490 e. The monoisotopic (exact) mass is 901 g/mol. The molecule has 1 aliphatic carbocycles. The van der Waals surface area contributed by atoms with Gasteiger partial charge in [0.05, 0.1) is 47.1 Å². The van der Waals surface area contributed by atoms with Crippen molar-refractivity contribution in [3.8, 4) is 16.9 Å². The Balaban J connectivity index is 0.658. The van der Waals surface area contributed by atoms with Gasteiger partial charge in [-0.05, 0) is 61.2 Å². The van der Waals surface area contributed by atoms with Gasteiger partial charge in [0.2, 0.25) is 11.8 Å². The third-order valence-corrected chi connectivity index (χ3v) is 13.1. The van der Waals surface area contributed by atoms with E-state index >= 15 is 8.78 Å². The summed E-state index contributed by atoms with van der Waals surface area (Å²) in [5.74, 6) is -5.41. The summed E-state index contributed by atoms with van der Waals surface area (Å²) < 4.78 is 93.2. The van der Waals surface area contributed by atoms with Crippen LogP contribution in [0.3, 0.4) is 0 Å².